The number of hydrogen-bond acceptors (Lipinski definition) is 1. The summed E-state index contributed by atoms with van der Waals surface area (Å²) in [6, 6.07) is 70.4. The quantitative estimate of drug-likeness (QED) is 0.175. The highest BCUT2D eigenvalue weighted by atomic mass is 15.1. The molecule has 8 aromatic carbocycles. The summed E-state index contributed by atoms with van der Waals surface area (Å²) >= 11 is 0. The Balaban J connectivity index is 1.09. The van der Waals surface area contributed by atoms with Crippen LogP contribution in [0.2, 0.25) is 0 Å². The second-order valence-electron chi connectivity index (χ2n) is 16.9. The van der Waals surface area contributed by atoms with Crippen LogP contribution in [0.5, 0.6) is 0 Å². The smallest absolute Gasteiger partial charge is 0.0719 e. The van der Waals surface area contributed by atoms with E-state index in [0.29, 0.717) is 0 Å². The van der Waals surface area contributed by atoms with E-state index in [1.807, 2.05) is 0 Å². The van der Waals surface area contributed by atoms with Gasteiger partial charge >= 0.3 is 0 Å². The van der Waals surface area contributed by atoms with E-state index in [1.54, 1.807) is 0 Å². The Morgan fingerprint density at radius 1 is 0.304 bits per heavy atom. The molecule has 56 heavy (non-hydrogen) atoms. The van der Waals surface area contributed by atoms with Crippen LogP contribution in [-0.2, 0) is 16.2 Å². The van der Waals surface area contributed by atoms with E-state index in [0.717, 1.165) is 11.4 Å². The van der Waals surface area contributed by atoms with Crippen molar-refractivity contribution >= 4 is 17.1 Å². The average Bonchev–Trinajstić information content (AvgIpc) is 3.66. The monoisotopic (exact) mass is 717 g/mol. The van der Waals surface area contributed by atoms with Gasteiger partial charge in [0.25, 0.3) is 0 Å². The van der Waals surface area contributed by atoms with Crippen LogP contribution in [0.1, 0.15) is 72.2 Å². The molecule has 1 heteroatoms. The third kappa shape index (κ3) is 4.32. The van der Waals surface area contributed by atoms with Crippen molar-refractivity contribution in [3.05, 3.63) is 233 Å². The van der Waals surface area contributed by atoms with Gasteiger partial charge in [0.15, 0.2) is 0 Å². The van der Waals surface area contributed by atoms with Gasteiger partial charge in [-0.05, 0) is 120 Å². The molecule has 0 amide bonds. The van der Waals surface area contributed by atoms with E-state index in [2.05, 4.69) is 221 Å². The lowest BCUT2D eigenvalue weighted by Crippen LogP contribution is -2.40. The van der Waals surface area contributed by atoms with E-state index in [4.69, 9.17) is 0 Å². The van der Waals surface area contributed by atoms with Gasteiger partial charge in [-0.15, -0.1) is 0 Å². The molecule has 1 nitrogen and oxygen atoms in total. The number of hydrogen-bond donors (Lipinski definition) is 0. The first-order valence-electron chi connectivity index (χ1n) is 19.9. The third-order valence-corrected chi connectivity index (χ3v) is 13.3. The van der Waals surface area contributed by atoms with Crippen molar-refractivity contribution in [3.63, 3.8) is 0 Å². The maximum Gasteiger partial charge on any atom is 0.0719 e. The van der Waals surface area contributed by atoms with Gasteiger partial charge < -0.3 is 4.90 Å². The molecule has 1 spiro atoms. The molecule has 0 saturated carbocycles. The minimum Gasteiger partial charge on any atom is -0.310 e. The van der Waals surface area contributed by atoms with Gasteiger partial charge in [-0.25, -0.2) is 0 Å². The number of anilines is 3. The number of fused-ring (bicyclic) bond motifs is 12. The zero-order valence-electron chi connectivity index (χ0n) is 32.3. The maximum atomic E-state index is 2.50. The molecule has 0 radical (unpaired) electrons. The van der Waals surface area contributed by atoms with Crippen molar-refractivity contribution in [2.24, 2.45) is 0 Å². The summed E-state index contributed by atoms with van der Waals surface area (Å²) < 4.78 is 0. The summed E-state index contributed by atoms with van der Waals surface area (Å²) in [6.45, 7) is 9.59. The maximum absolute atomic E-state index is 2.50. The van der Waals surface area contributed by atoms with Gasteiger partial charge in [0.1, 0.15) is 0 Å². The fourth-order valence-corrected chi connectivity index (χ4v) is 10.8. The molecule has 0 unspecified atom stereocenters. The average molecular weight is 718 g/mol. The van der Waals surface area contributed by atoms with Crippen LogP contribution < -0.4 is 4.90 Å². The number of rotatable bonds is 4. The zero-order valence-corrected chi connectivity index (χ0v) is 32.3. The minimum absolute atomic E-state index is 0.118. The van der Waals surface area contributed by atoms with Crippen molar-refractivity contribution in [1.29, 1.82) is 0 Å². The van der Waals surface area contributed by atoms with Gasteiger partial charge in [0, 0.05) is 27.9 Å². The number of nitrogens with zero attached hydrogens (tertiary/aromatic N) is 1. The highest BCUT2D eigenvalue weighted by Gasteiger charge is 2.53. The Morgan fingerprint density at radius 3 is 1.39 bits per heavy atom. The van der Waals surface area contributed by atoms with Crippen LogP contribution in [0.15, 0.2) is 188 Å². The van der Waals surface area contributed by atoms with Crippen molar-refractivity contribution in [3.8, 4) is 33.4 Å². The third-order valence-electron chi connectivity index (χ3n) is 13.3. The van der Waals surface area contributed by atoms with Crippen molar-refractivity contribution in [2.75, 3.05) is 4.90 Å². The molecule has 3 aliphatic carbocycles. The predicted octanol–water partition coefficient (Wildman–Crippen LogP) is 14.1. The zero-order chi connectivity index (χ0) is 37.8. The summed E-state index contributed by atoms with van der Waals surface area (Å²) in [7, 11) is 0. The normalized spacial score (nSPS) is 15.6. The van der Waals surface area contributed by atoms with Gasteiger partial charge in [-0.2, -0.15) is 0 Å². The Hall–Kier alpha value is -6.44. The number of para-hydroxylation sites is 2. The number of benzene rings is 8. The second-order valence-corrected chi connectivity index (χ2v) is 16.9. The molecule has 0 bridgehead atoms. The molecule has 11 rings (SSSR count). The van der Waals surface area contributed by atoms with Gasteiger partial charge in [-0.3, -0.25) is 0 Å². The largest absolute Gasteiger partial charge is 0.310 e. The fourth-order valence-electron chi connectivity index (χ4n) is 10.8. The summed E-state index contributed by atoms with van der Waals surface area (Å²) in [5.41, 5.74) is 21.7. The lowest BCUT2D eigenvalue weighted by molar-refractivity contribution is 0.563. The molecule has 0 aromatic heterocycles. The van der Waals surface area contributed by atoms with Gasteiger partial charge in [0.2, 0.25) is 0 Å². The van der Waals surface area contributed by atoms with E-state index in [9.17, 15) is 0 Å². The van der Waals surface area contributed by atoms with E-state index in [1.165, 1.54) is 83.6 Å². The Morgan fingerprint density at radius 2 is 0.768 bits per heavy atom. The fraction of sp³-hybridized carbons (Fsp3) is 0.127. The molecule has 268 valence electrons. The molecule has 0 atom stereocenters. The first kappa shape index (κ1) is 32.9. The molecule has 0 aliphatic heterocycles. The summed E-state index contributed by atoms with van der Waals surface area (Å²) in [5, 5.41) is 0. The Kier molecular flexibility index (Phi) is 6.93. The Labute approximate surface area is 330 Å². The van der Waals surface area contributed by atoms with Crippen LogP contribution in [0.4, 0.5) is 17.1 Å². The van der Waals surface area contributed by atoms with Crippen LogP contribution in [0.25, 0.3) is 33.4 Å². The second kappa shape index (κ2) is 11.8. The van der Waals surface area contributed by atoms with E-state index >= 15 is 0 Å². The van der Waals surface area contributed by atoms with Crippen molar-refractivity contribution in [2.45, 2.75) is 43.9 Å². The molecular weight excluding hydrogens is 675 g/mol. The van der Waals surface area contributed by atoms with Crippen LogP contribution in [0.3, 0.4) is 0 Å². The predicted molar refractivity (Wildman–Crippen MR) is 234 cm³/mol. The molecular formula is C55H43N. The van der Waals surface area contributed by atoms with Crippen LogP contribution >= 0.6 is 0 Å². The highest BCUT2D eigenvalue weighted by molar-refractivity contribution is 5.97. The van der Waals surface area contributed by atoms with Crippen LogP contribution in [0, 0.1) is 0 Å². The molecule has 3 aliphatic rings. The molecule has 8 aromatic rings. The molecule has 0 heterocycles. The van der Waals surface area contributed by atoms with Gasteiger partial charge in [0.05, 0.1) is 5.41 Å². The summed E-state index contributed by atoms with van der Waals surface area (Å²) in [4.78, 5) is 2.37. The topological polar surface area (TPSA) is 3.24 Å². The standard InChI is InChI=1S/C55H43N/c1-53(2)45-25-13-15-27-47(45)55(48-28-16-14-26-46(48)53)44-24-12-11-22-43(44)52-40(23-17-29-49(52)55)36-30-32-41-42-33-31-39(35-51(42)54(3,4)50(41)34-36)56(37-18-7-5-8-19-37)38-20-9-6-10-21-38/h5-35H,1-4H3. The van der Waals surface area contributed by atoms with Crippen molar-refractivity contribution < 1.29 is 0 Å². The van der Waals surface area contributed by atoms with Crippen LogP contribution in [-0.4, -0.2) is 0 Å². The molecule has 0 saturated heterocycles. The van der Waals surface area contributed by atoms with E-state index < -0.39 is 5.41 Å². The first-order chi connectivity index (χ1) is 27.3. The summed E-state index contributed by atoms with van der Waals surface area (Å²) in [6.07, 6.45) is 0. The highest BCUT2D eigenvalue weighted by Crippen LogP contribution is 2.63. The molecule has 0 fully saturated rings. The van der Waals surface area contributed by atoms with Crippen molar-refractivity contribution in [1.82, 2.24) is 0 Å². The summed E-state index contributed by atoms with van der Waals surface area (Å²) in [5.74, 6) is 0. The first-order valence-corrected chi connectivity index (χ1v) is 19.9. The molecule has 0 N–H and O–H groups in total. The SMILES string of the molecule is CC1(C)c2cc(-c3cccc4c3-c3ccccc3C43c4ccccc4C(C)(C)c4ccccc43)ccc2-c2ccc(N(c3ccccc3)c3ccccc3)cc21. The lowest BCUT2D eigenvalue weighted by Gasteiger charge is -2.46. The van der Waals surface area contributed by atoms with Gasteiger partial charge in [-0.1, -0.05) is 173 Å². The Bertz CT molecular complexity index is 2770. The lowest BCUT2D eigenvalue weighted by atomic mass is 9.55. The van der Waals surface area contributed by atoms with E-state index in [-0.39, 0.29) is 10.8 Å². The minimum atomic E-state index is -0.406.